The number of likely N-dealkylation sites (N-methyl/N-ethyl adjacent to an activating group) is 1. The van der Waals surface area contributed by atoms with Crippen LogP contribution in [-0.2, 0) is 9.59 Å². The van der Waals surface area contributed by atoms with Crippen molar-refractivity contribution >= 4 is 17.4 Å². The van der Waals surface area contributed by atoms with Crippen LogP contribution in [0.5, 0.6) is 11.5 Å². The molecule has 1 aromatic heterocycles. The van der Waals surface area contributed by atoms with Gasteiger partial charge in [0.25, 0.3) is 11.7 Å². The van der Waals surface area contributed by atoms with Gasteiger partial charge in [0, 0.05) is 24.3 Å². The Hall–Kier alpha value is -3.33. The molecule has 1 amide bonds. The molecule has 0 saturated carbocycles. The van der Waals surface area contributed by atoms with Crippen LogP contribution in [0.1, 0.15) is 28.6 Å². The van der Waals surface area contributed by atoms with Crippen molar-refractivity contribution in [3.05, 3.63) is 46.3 Å². The molecular weight excluding hydrogens is 400 g/mol. The van der Waals surface area contributed by atoms with Crippen LogP contribution in [0.25, 0.3) is 5.76 Å². The molecule has 1 unspecified atom stereocenters. The number of Topliss-reactive ketones (excluding diaryl/α,β-unsaturated/α-hetero) is 1. The number of aryl methyl sites for hydroxylation is 2. The summed E-state index contributed by atoms with van der Waals surface area (Å²) >= 11 is 0. The fourth-order valence-corrected chi connectivity index (χ4v) is 3.83. The van der Waals surface area contributed by atoms with Crippen molar-refractivity contribution in [2.45, 2.75) is 19.9 Å². The van der Waals surface area contributed by atoms with Gasteiger partial charge in [0.15, 0.2) is 0 Å². The minimum atomic E-state index is -0.835. The Morgan fingerprint density at radius 1 is 1.23 bits per heavy atom. The molecule has 166 valence electrons. The van der Waals surface area contributed by atoms with E-state index in [9.17, 15) is 14.7 Å². The average molecular weight is 428 g/mol. The van der Waals surface area contributed by atoms with Crippen LogP contribution in [0, 0.1) is 13.8 Å². The van der Waals surface area contributed by atoms with Crippen molar-refractivity contribution in [3.63, 3.8) is 0 Å². The Balaban J connectivity index is 2.28. The van der Waals surface area contributed by atoms with Gasteiger partial charge < -0.3 is 24.4 Å². The van der Waals surface area contributed by atoms with Crippen LogP contribution in [0.15, 0.2) is 23.8 Å². The van der Waals surface area contributed by atoms with Crippen LogP contribution in [0.2, 0.25) is 0 Å². The van der Waals surface area contributed by atoms with E-state index in [4.69, 9.17) is 9.47 Å². The monoisotopic (exact) mass is 428 g/mol. The number of likely N-dealkylation sites (tertiary alicyclic amines) is 1. The fourth-order valence-electron chi connectivity index (χ4n) is 3.83. The molecular formula is C22H28N4O5. The molecule has 1 aromatic carbocycles. The molecule has 2 heterocycles. The number of rotatable bonds is 7. The van der Waals surface area contributed by atoms with Crippen molar-refractivity contribution in [1.29, 1.82) is 0 Å². The number of ketones is 1. The quantitative estimate of drug-likeness (QED) is 0.395. The molecule has 2 aromatic rings. The number of nitrogens with zero attached hydrogens (tertiary/aromatic N) is 3. The number of hydrogen-bond acceptors (Lipinski definition) is 7. The van der Waals surface area contributed by atoms with Gasteiger partial charge >= 0.3 is 0 Å². The topological polar surface area (TPSA) is 108 Å². The normalized spacial score (nSPS) is 18.2. The van der Waals surface area contributed by atoms with Gasteiger partial charge in [0.05, 0.1) is 37.1 Å². The summed E-state index contributed by atoms with van der Waals surface area (Å²) in [6, 6.07) is 4.34. The van der Waals surface area contributed by atoms with Gasteiger partial charge in [-0.25, -0.2) is 0 Å². The number of aromatic nitrogens is 2. The summed E-state index contributed by atoms with van der Waals surface area (Å²) in [5, 5.41) is 18.1. The Labute approximate surface area is 181 Å². The van der Waals surface area contributed by atoms with Gasteiger partial charge in [0.1, 0.15) is 17.3 Å². The third-order valence-electron chi connectivity index (χ3n) is 5.42. The summed E-state index contributed by atoms with van der Waals surface area (Å²) in [4.78, 5) is 29.5. The number of ether oxygens (including phenoxy) is 2. The second-order valence-corrected chi connectivity index (χ2v) is 7.71. The zero-order chi connectivity index (χ0) is 22.9. The standard InChI is InChI=1S/C22H28N4O5/c1-12-17(13(2)24-23-12)20(27)18-19(15-11-14(30-5)7-8-16(15)31-6)26(10-9-25(3)4)22(29)21(18)28/h7-8,11,19,27H,9-10H2,1-6H3,(H,23,24)/b20-18+. The maximum Gasteiger partial charge on any atom is 0.295 e. The smallest absolute Gasteiger partial charge is 0.295 e. The lowest BCUT2D eigenvalue weighted by Crippen LogP contribution is -2.35. The summed E-state index contributed by atoms with van der Waals surface area (Å²) in [6.07, 6.45) is 0. The van der Waals surface area contributed by atoms with Gasteiger partial charge in [-0.1, -0.05) is 0 Å². The molecule has 9 heteroatoms. The van der Waals surface area contributed by atoms with E-state index in [0.29, 0.717) is 47.1 Å². The Kier molecular flexibility index (Phi) is 6.35. The number of methoxy groups -OCH3 is 2. The number of benzene rings is 1. The molecule has 1 aliphatic rings. The molecule has 9 nitrogen and oxygen atoms in total. The van der Waals surface area contributed by atoms with E-state index in [0.717, 1.165) is 0 Å². The zero-order valence-corrected chi connectivity index (χ0v) is 18.6. The summed E-state index contributed by atoms with van der Waals surface area (Å²) in [5.41, 5.74) is 2.11. The van der Waals surface area contributed by atoms with Gasteiger partial charge in [-0.05, 0) is 46.1 Å². The first-order valence-corrected chi connectivity index (χ1v) is 9.88. The van der Waals surface area contributed by atoms with Crippen LogP contribution in [0.4, 0.5) is 0 Å². The highest BCUT2D eigenvalue weighted by Gasteiger charge is 2.47. The summed E-state index contributed by atoms with van der Waals surface area (Å²) in [5.74, 6) is -0.647. The maximum atomic E-state index is 13.1. The van der Waals surface area contributed by atoms with Crippen molar-refractivity contribution in [2.75, 3.05) is 41.4 Å². The molecule has 31 heavy (non-hydrogen) atoms. The number of carbonyl (C=O) groups is 2. The van der Waals surface area contributed by atoms with E-state index >= 15 is 0 Å². The van der Waals surface area contributed by atoms with Crippen molar-refractivity contribution < 1.29 is 24.2 Å². The first-order chi connectivity index (χ1) is 14.7. The van der Waals surface area contributed by atoms with Gasteiger partial charge in [-0.3, -0.25) is 14.7 Å². The van der Waals surface area contributed by atoms with E-state index in [-0.39, 0.29) is 11.3 Å². The molecule has 2 N–H and O–H groups in total. The summed E-state index contributed by atoms with van der Waals surface area (Å²) < 4.78 is 10.9. The lowest BCUT2D eigenvalue weighted by atomic mass is 9.94. The Bertz CT molecular complexity index is 1020. The Morgan fingerprint density at radius 2 is 1.94 bits per heavy atom. The van der Waals surface area contributed by atoms with E-state index in [1.54, 1.807) is 32.0 Å². The highest BCUT2D eigenvalue weighted by molar-refractivity contribution is 6.46. The largest absolute Gasteiger partial charge is 0.507 e. The van der Waals surface area contributed by atoms with Gasteiger partial charge in [-0.2, -0.15) is 5.10 Å². The van der Waals surface area contributed by atoms with Crippen LogP contribution < -0.4 is 9.47 Å². The second kappa shape index (κ2) is 8.81. The average Bonchev–Trinajstić information content (AvgIpc) is 3.21. The molecule has 1 aliphatic heterocycles. The van der Waals surface area contributed by atoms with E-state index in [2.05, 4.69) is 10.2 Å². The summed E-state index contributed by atoms with van der Waals surface area (Å²) in [7, 11) is 6.82. The minimum absolute atomic E-state index is 0.00269. The lowest BCUT2D eigenvalue weighted by molar-refractivity contribution is -0.140. The maximum absolute atomic E-state index is 13.1. The first kappa shape index (κ1) is 22.4. The molecule has 0 radical (unpaired) electrons. The van der Waals surface area contributed by atoms with Crippen LogP contribution >= 0.6 is 0 Å². The molecule has 0 aliphatic carbocycles. The second-order valence-electron chi connectivity index (χ2n) is 7.71. The van der Waals surface area contributed by atoms with E-state index in [1.807, 2.05) is 19.0 Å². The lowest BCUT2D eigenvalue weighted by Gasteiger charge is -2.28. The third kappa shape index (κ3) is 4.00. The molecule has 1 fully saturated rings. The number of aliphatic hydroxyl groups excluding tert-OH is 1. The number of aliphatic hydroxyl groups is 1. The number of hydrogen-bond donors (Lipinski definition) is 2. The van der Waals surface area contributed by atoms with E-state index < -0.39 is 17.7 Å². The number of nitrogens with one attached hydrogen (secondary N) is 1. The number of aromatic amines is 1. The van der Waals surface area contributed by atoms with Crippen molar-refractivity contribution in [1.82, 2.24) is 20.0 Å². The highest BCUT2D eigenvalue weighted by atomic mass is 16.5. The van der Waals surface area contributed by atoms with Crippen LogP contribution in [0.3, 0.4) is 0 Å². The highest BCUT2D eigenvalue weighted by Crippen LogP contribution is 2.44. The van der Waals surface area contributed by atoms with Gasteiger partial charge in [-0.15, -0.1) is 0 Å². The molecule has 3 rings (SSSR count). The van der Waals surface area contributed by atoms with Crippen molar-refractivity contribution in [2.24, 2.45) is 0 Å². The summed E-state index contributed by atoms with van der Waals surface area (Å²) in [6.45, 7) is 4.31. The van der Waals surface area contributed by atoms with E-state index in [1.165, 1.54) is 19.1 Å². The molecule has 0 spiro atoms. The van der Waals surface area contributed by atoms with Crippen LogP contribution in [-0.4, -0.2) is 78.2 Å². The fraction of sp³-hybridized carbons (Fsp3) is 0.409. The molecule has 1 atom stereocenters. The molecule has 0 bridgehead atoms. The van der Waals surface area contributed by atoms with Crippen molar-refractivity contribution in [3.8, 4) is 11.5 Å². The predicted octanol–water partition coefficient (Wildman–Crippen LogP) is 2.03. The number of H-pyrrole nitrogens is 1. The SMILES string of the molecule is COc1ccc(OC)c(C2/C(=C(\O)c3c(C)n[nH]c3C)C(=O)C(=O)N2CCN(C)C)c1. The zero-order valence-electron chi connectivity index (χ0n) is 18.6. The third-order valence-corrected chi connectivity index (χ3v) is 5.42. The molecule has 1 saturated heterocycles. The number of carbonyl (C=O) groups excluding carboxylic acids is 2. The predicted molar refractivity (Wildman–Crippen MR) is 115 cm³/mol. The first-order valence-electron chi connectivity index (χ1n) is 9.88. The Morgan fingerprint density at radius 3 is 2.48 bits per heavy atom. The minimum Gasteiger partial charge on any atom is -0.507 e. The number of amides is 1. The van der Waals surface area contributed by atoms with Gasteiger partial charge in [0.2, 0.25) is 0 Å².